The van der Waals surface area contributed by atoms with Crippen LogP contribution in [0.5, 0.6) is 5.75 Å². The Balaban J connectivity index is 2.82. The van der Waals surface area contributed by atoms with Crippen LogP contribution in [0.15, 0.2) is 24.3 Å². The van der Waals surface area contributed by atoms with E-state index in [1.54, 1.807) is 0 Å². The Morgan fingerprint density at radius 2 is 1.90 bits per heavy atom. The van der Waals surface area contributed by atoms with E-state index in [0.29, 0.717) is 0 Å². The summed E-state index contributed by atoms with van der Waals surface area (Å²) in [7, 11) is 0. The van der Waals surface area contributed by atoms with Gasteiger partial charge in [-0.05, 0) is 12.1 Å². The Morgan fingerprint density at radius 3 is 2.45 bits per heavy atom. The van der Waals surface area contributed by atoms with E-state index in [0.717, 1.165) is 6.07 Å². The smallest absolute Gasteiger partial charge is 0.404 e. The highest BCUT2D eigenvalue weighted by Crippen LogP contribution is 2.29. The SMILES string of the molecule is NC(=O)CC(N)C(=O)Nc1ccccc1OC(F)(F)F. The molecular formula is C11H12F3N3O3. The maximum Gasteiger partial charge on any atom is 0.573 e. The molecule has 2 amide bonds. The molecule has 0 saturated heterocycles. The number of ether oxygens (including phenoxy) is 1. The number of carbonyl (C=O) groups is 2. The van der Waals surface area contributed by atoms with Gasteiger partial charge in [0.05, 0.1) is 18.2 Å². The molecule has 1 unspecified atom stereocenters. The minimum atomic E-state index is -4.89. The third kappa shape index (κ3) is 5.14. The van der Waals surface area contributed by atoms with Gasteiger partial charge in [-0.15, -0.1) is 13.2 Å². The zero-order chi connectivity index (χ0) is 15.3. The molecular weight excluding hydrogens is 279 g/mol. The monoisotopic (exact) mass is 291 g/mol. The van der Waals surface area contributed by atoms with Crippen LogP contribution in [0.4, 0.5) is 18.9 Å². The molecule has 6 nitrogen and oxygen atoms in total. The Hall–Kier alpha value is -2.29. The van der Waals surface area contributed by atoms with Crippen LogP contribution in [-0.2, 0) is 9.59 Å². The molecule has 1 aromatic carbocycles. The molecule has 0 fully saturated rings. The third-order valence-corrected chi connectivity index (χ3v) is 2.13. The maximum absolute atomic E-state index is 12.2. The second kappa shape index (κ2) is 6.24. The van der Waals surface area contributed by atoms with Crippen molar-refractivity contribution in [2.45, 2.75) is 18.8 Å². The fraction of sp³-hybridized carbons (Fsp3) is 0.273. The summed E-state index contributed by atoms with van der Waals surface area (Å²) < 4.78 is 40.3. The first-order valence-corrected chi connectivity index (χ1v) is 5.38. The summed E-state index contributed by atoms with van der Waals surface area (Å²) in [5.41, 5.74) is 10.0. The predicted molar refractivity (Wildman–Crippen MR) is 63.5 cm³/mol. The molecule has 0 radical (unpaired) electrons. The molecule has 1 rings (SSSR count). The number of carbonyl (C=O) groups excluding carboxylic acids is 2. The number of benzene rings is 1. The van der Waals surface area contributed by atoms with Crippen molar-refractivity contribution in [1.29, 1.82) is 0 Å². The van der Waals surface area contributed by atoms with Gasteiger partial charge in [0, 0.05) is 0 Å². The molecule has 9 heteroatoms. The van der Waals surface area contributed by atoms with Gasteiger partial charge in [-0.3, -0.25) is 9.59 Å². The number of para-hydroxylation sites is 2. The fourth-order valence-electron chi connectivity index (χ4n) is 1.32. The third-order valence-electron chi connectivity index (χ3n) is 2.13. The first-order valence-electron chi connectivity index (χ1n) is 5.38. The van der Waals surface area contributed by atoms with Crippen molar-refractivity contribution in [3.63, 3.8) is 0 Å². The number of alkyl halides is 3. The van der Waals surface area contributed by atoms with Gasteiger partial charge in [0.2, 0.25) is 11.8 Å². The van der Waals surface area contributed by atoms with Crippen LogP contribution >= 0.6 is 0 Å². The van der Waals surface area contributed by atoms with Gasteiger partial charge >= 0.3 is 6.36 Å². The van der Waals surface area contributed by atoms with Gasteiger partial charge in [-0.2, -0.15) is 0 Å². The lowest BCUT2D eigenvalue weighted by atomic mass is 10.2. The Kier molecular flexibility index (Phi) is 4.92. The Morgan fingerprint density at radius 1 is 1.30 bits per heavy atom. The number of anilines is 1. The first-order chi connectivity index (χ1) is 9.19. The standard InChI is InChI=1S/C11H12F3N3O3/c12-11(13,14)20-8-4-2-1-3-7(8)17-10(19)6(15)5-9(16)18/h1-4,6H,5,15H2,(H2,16,18)(H,17,19). The van der Waals surface area contributed by atoms with Crippen molar-refractivity contribution in [2.75, 3.05) is 5.32 Å². The number of halogens is 3. The summed E-state index contributed by atoms with van der Waals surface area (Å²) in [6.07, 6.45) is -5.32. The Bertz CT molecular complexity index is 505. The van der Waals surface area contributed by atoms with E-state index in [1.807, 2.05) is 0 Å². The highest BCUT2D eigenvalue weighted by molar-refractivity contribution is 5.98. The van der Waals surface area contributed by atoms with E-state index >= 15 is 0 Å². The van der Waals surface area contributed by atoms with Crippen molar-refractivity contribution in [3.8, 4) is 5.75 Å². The lowest BCUT2D eigenvalue weighted by Gasteiger charge is -2.15. The number of nitrogens with one attached hydrogen (secondary N) is 1. The lowest BCUT2D eigenvalue weighted by Crippen LogP contribution is -2.39. The summed E-state index contributed by atoms with van der Waals surface area (Å²) in [5, 5.41) is 2.14. The minimum Gasteiger partial charge on any atom is -0.404 e. The van der Waals surface area contributed by atoms with Gasteiger partial charge in [0.1, 0.15) is 0 Å². The molecule has 0 heterocycles. The fourth-order valence-corrected chi connectivity index (χ4v) is 1.32. The van der Waals surface area contributed by atoms with Crippen molar-refractivity contribution < 1.29 is 27.5 Å². The normalized spacial score (nSPS) is 12.6. The zero-order valence-corrected chi connectivity index (χ0v) is 10.1. The van der Waals surface area contributed by atoms with E-state index in [4.69, 9.17) is 11.5 Å². The van der Waals surface area contributed by atoms with Gasteiger partial charge in [-0.25, -0.2) is 0 Å². The molecule has 5 N–H and O–H groups in total. The summed E-state index contributed by atoms with van der Waals surface area (Å²) in [6, 6.07) is 3.68. The molecule has 0 aromatic heterocycles. The average molecular weight is 291 g/mol. The van der Waals surface area contributed by atoms with Crippen LogP contribution in [0.1, 0.15) is 6.42 Å². The van der Waals surface area contributed by atoms with E-state index in [1.165, 1.54) is 18.2 Å². The molecule has 0 aliphatic carbocycles. The largest absolute Gasteiger partial charge is 0.573 e. The van der Waals surface area contributed by atoms with Crippen molar-refractivity contribution in [2.24, 2.45) is 11.5 Å². The van der Waals surface area contributed by atoms with Crippen LogP contribution in [0, 0.1) is 0 Å². The molecule has 0 spiro atoms. The molecule has 0 aliphatic rings. The quantitative estimate of drug-likeness (QED) is 0.743. The summed E-state index contributed by atoms with van der Waals surface area (Å²) >= 11 is 0. The number of primary amides is 1. The van der Waals surface area contributed by atoms with E-state index in [-0.39, 0.29) is 5.69 Å². The highest BCUT2D eigenvalue weighted by atomic mass is 19.4. The molecule has 0 saturated carbocycles. The van der Waals surface area contributed by atoms with E-state index in [2.05, 4.69) is 10.1 Å². The number of amides is 2. The van der Waals surface area contributed by atoms with Gasteiger partial charge in [0.15, 0.2) is 5.75 Å². The number of hydrogen-bond acceptors (Lipinski definition) is 4. The molecule has 20 heavy (non-hydrogen) atoms. The van der Waals surface area contributed by atoms with E-state index in [9.17, 15) is 22.8 Å². The maximum atomic E-state index is 12.2. The van der Waals surface area contributed by atoms with Crippen molar-refractivity contribution >= 4 is 17.5 Å². The molecule has 110 valence electrons. The highest BCUT2D eigenvalue weighted by Gasteiger charge is 2.32. The van der Waals surface area contributed by atoms with Gasteiger partial charge in [0.25, 0.3) is 0 Å². The van der Waals surface area contributed by atoms with E-state index < -0.39 is 36.4 Å². The van der Waals surface area contributed by atoms with Crippen LogP contribution in [0.2, 0.25) is 0 Å². The van der Waals surface area contributed by atoms with Crippen LogP contribution in [0.25, 0.3) is 0 Å². The summed E-state index contributed by atoms with van der Waals surface area (Å²) in [4.78, 5) is 22.2. The lowest BCUT2D eigenvalue weighted by molar-refractivity contribution is -0.274. The minimum absolute atomic E-state index is 0.213. The van der Waals surface area contributed by atoms with Crippen LogP contribution in [0.3, 0.4) is 0 Å². The van der Waals surface area contributed by atoms with Crippen LogP contribution in [-0.4, -0.2) is 24.2 Å². The second-order valence-electron chi connectivity index (χ2n) is 3.81. The number of rotatable bonds is 5. The zero-order valence-electron chi connectivity index (χ0n) is 10.1. The molecule has 0 aliphatic heterocycles. The summed E-state index contributed by atoms with van der Waals surface area (Å²) in [5.74, 6) is -2.23. The molecule has 0 bridgehead atoms. The van der Waals surface area contributed by atoms with Gasteiger partial charge < -0.3 is 21.5 Å². The van der Waals surface area contributed by atoms with Crippen LogP contribution < -0.4 is 21.5 Å². The first kappa shape index (κ1) is 15.8. The van der Waals surface area contributed by atoms with Crippen molar-refractivity contribution in [3.05, 3.63) is 24.3 Å². The summed E-state index contributed by atoms with van der Waals surface area (Å²) in [6.45, 7) is 0. The predicted octanol–water partition coefficient (Wildman–Crippen LogP) is 0.726. The average Bonchev–Trinajstić information content (AvgIpc) is 2.28. The topological polar surface area (TPSA) is 107 Å². The molecule has 1 aromatic rings. The molecule has 1 atom stereocenters. The van der Waals surface area contributed by atoms with Crippen molar-refractivity contribution in [1.82, 2.24) is 0 Å². The second-order valence-corrected chi connectivity index (χ2v) is 3.81. The van der Waals surface area contributed by atoms with Gasteiger partial charge in [-0.1, -0.05) is 12.1 Å². The Labute approximate surface area is 111 Å². The number of hydrogen-bond donors (Lipinski definition) is 3. The number of nitrogens with two attached hydrogens (primary N) is 2.